The number of sulfonamides is 1. The molecule has 1 aliphatic rings. The van der Waals surface area contributed by atoms with Gasteiger partial charge >= 0.3 is 0 Å². The van der Waals surface area contributed by atoms with Crippen LogP contribution in [0.4, 0.5) is 4.39 Å². The van der Waals surface area contributed by atoms with Crippen LogP contribution in [0.25, 0.3) is 11.1 Å². The fourth-order valence-electron chi connectivity index (χ4n) is 3.11. The molecule has 0 fully saturated rings. The third-order valence-electron chi connectivity index (χ3n) is 4.24. The fraction of sp³-hybridized carbons (Fsp3) is 0.211. The molecule has 0 amide bonds. The summed E-state index contributed by atoms with van der Waals surface area (Å²) in [5.74, 6) is -1.22. The number of halogens is 2. The van der Waals surface area contributed by atoms with Gasteiger partial charge in [0.25, 0.3) is 10.0 Å². The van der Waals surface area contributed by atoms with Crippen LogP contribution in [-0.2, 0) is 10.0 Å². The first-order valence-corrected chi connectivity index (χ1v) is 9.86. The summed E-state index contributed by atoms with van der Waals surface area (Å²) < 4.78 is 40.5. The Kier molecular flexibility index (Phi) is 5.16. The molecule has 0 radical (unpaired) electrons. The predicted molar refractivity (Wildman–Crippen MR) is 98.8 cm³/mol. The van der Waals surface area contributed by atoms with Crippen molar-refractivity contribution in [1.29, 1.82) is 0 Å². The van der Waals surface area contributed by atoms with Gasteiger partial charge in [0, 0.05) is 0 Å². The van der Waals surface area contributed by atoms with Gasteiger partial charge in [-0.25, -0.2) is 4.39 Å². The first-order valence-electron chi connectivity index (χ1n) is 8.04. The van der Waals surface area contributed by atoms with Gasteiger partial charge < -0.3 is 5.11 Å². The number of hydrogen-bond donors (Lipinski definition) is 0. The van der Waals surface area contributed by atoms with Crippen LogP contribution in [0.2, 0.25) is 5.02 Å². The largest absolute Gasteiger partial charge is 0.861 e. The Morgan fingerprint density at radius 3 is 2.23 bits per heavy atom. The lowest BCUT2D eigenvalue weighted by Crippen LogP contribution is -2.14. The Labute approximate surface area is 156 Å². The van der Waals surface area contributed by atoms with Crippen molar-refractivity contribution in [2.75, 3.05) is 0 Å². The Hall–Kier alpha value is -2.18. The van der Waals surface area contributed by atoms with E-state index in [4.69, 9.17) is 11.6 Å². The van der Waals surface area contributed by atoms with E-state index in [1.54, 1.807) is 24.3 Å². The van der Waals surface area contributed by atoms with E-state index < -0.39 is 21.7 Å². The lowest BCUT2D eigenvalue weighted by Gasteiger charge is -2.10. The average Bonchev–Trinajstić information content (AvgIpc) is 3.06. The number of rotatable bonds is 4. The number of benzene rings is 2. The Morgan fingerprint density at radius 2 is 1.65 bits per heavy atom. The van der Waals surface area contributed by atoms with E-state index in [2.05, 4.69) is 4.40 Å². The third-order valence-corrected chi connectivity index (χ3v) is 5.89. The van der Waals surface area contributed by atoms with Crippen LogP contribution < -0.4 is 5.11 Å². The van der Waals surface area contributed by atoms with Gasteiger partial charge in [-0.1, -0.05) is 29.8 Å². The van der Waals surface area contributed by atoms with Crippen molar-refractivity contribution in [2.24, 2.45) is 4.40 Å². The SMILES string of the molecule is C/C([O-])=N\S(=O)(=O)c1ccc(C2=C(c3ccc(F)c(Cl)c3)CCC2)cc1. The van der Waals surface area contributed by atoms with E-state index in [-0.39, 0.29) is 9.92 Å². The molecule has 0 saturated heterocycles. The van der Waals surface area contributed by atoms with E-state index in [9.17, 15) is 17.9 Å². The molecule has 0 aliphatic heterocycles. The fourth-order valence-corrected chi connectivity index (χ4v) is 4.22. The molecule has 2 aromatic carbocycles. The van der Waals surface area contributed by atoms with Crippen molar-refractivity contribution in [1.82, 2.24) is 0 Å². The summed E-state index contributed by atoms with van der Waals surface area (Å²) >= 11 is 5.90. The molecule has 2 aromatic rings. The zero-order valence-corrected chi connectivity index (χ0v) is 15.6. The summed E-state index contributed by atoms with van der Waals surface area (Å²) in [4.78, 5) is -0.0265. The highest BCUT2D eigenvalue weighted by Gasteiger charge is 2.19. The number of hydrogen-bond acceptors (Lipinski definition) is 3. The van der Waals surface area contributed by atoms with Crippen molar-refractivity contribution < 1.29 is 17.9 Å². The maximum absolute atomic E-state index is 13.4. The summed E-state index contributed by atoms with van der Waals surface area (Å²) in [6.07, 6.45) is 2.64. The lowest BCUT2D eigenvalue weighted by atomic mass is 9.97. The van der Waals surface area contributed by atoms with Crippen LogP contribution >= 0.6 is 11.6 Å². The Balaban J connectivity index is 2.00. The Morgan fingerprint density at radius 1 is 1.08 bits per heavy atom. The molecule has 0 N–H and O–H groups in total. The second-order valence-electron chi connectivity index (χ2n) is 6.05. The number of nitrogens with zero attached hydrogens (tertiary/aromatic N) is 1. The zero-order chi connectivity index (χ0) is 18.9. The molecule has 4 nitrogen and oxygen atoms in total. The van der Waals surface area contributed by atoms with E-state index in [1.807, 2.05) is 0 Å². The first-order chi connectivity index (χ1) is 12.3. The summed E-state index contributed by atoms with van der Waals surface area (Å²) in [7, 11) is -3.98. The minimum atomic E-state index is -3.98. The molecule has 26 heavy (non-hydrogen) atoms. The molecule has 0 spiro atoms. The van der Waals surface area contributed by atoms with Gasteiger partial charge in [0.2, 0.25) is 0 Å². The van der Waals surface area contributed by atoms with Gasteiger partial charge in [-0.05, 0) is 78.6 Å². The van der Waals surface area contributed by atoms with Crippen molar-refractivity contribution >= 4 is 38.7 Å². The highest BCUT2D eigenvalue weighted by Crippen LogP contribution is 2.40. The van der Waals surface area contributed by atoms with E-state index in [0.29, 0.717) is 0 Å². The van der Waals surface area contributed by atoms with Gasteiger partial charge in [-0.2, -0.15) is 12.8 Å². The molecule has 1 aliphatic carbocycles. The van der Waals surface area contributed by atoms with Crippen molar-refractivity contribution in [3.05, 3.63) is 64.4 Å². The summed E-state index contributed by atoms with van der Waals surface area (Å²) in [5, 5.41) is 11.0. The highest BCUT2D eigenvalue weighted by molar-refractivity contribution is 7.90. The second kappa shape index (κ2) is 7.21. The molecular weight excluding hydrogens is 377 g/mol. The van der Waals surface area contributed by atoms with Crippen LogP contribution in [0, 0.1) is 5.82 Å². The van der Waals surface area contributed by atoms with Gasteiger partial charge in [0.05, 0.1) is 9.92 Å². The first kappa shape index (κ1) is 18.6. The second-order valence-corrected chi connectivity index (χ2v) is 8.06. The maximum atomic E-state index is 13.4. The van der Waals surface area contributed by atoms with Crippen LogP contribution in [0.15, 0.2) is 51.8 Å². The average molecular weight is 393 g/mol. The topological polar surface area (TPSA) is 69.6 Å². The molecule has 136 valence electrons. The van der Waals surface area contributed by atoms with Crippen LogP contribution in [0.3, 0.4) is 0 Å². The molecule has 0 aromatic heterocycles. The minimum Gasteiger partial charge on any atom is -0.861 e. The van der Waals surface area contributed by atoms with Gasteiger partial charge in [0.1, 0.15) is 5.82 Å². The monoisotopic (exact) mass is 392 g/mol. The third kappa shape index (κ3) is 3.81. The van der Waals surface area contributed by atoms with Crippen molar-refractivity contribution in [3.63, 3.8) is 0 Å². The quantitative estimate of drug-likeness (QED) is 0.582. The maximum Gasteiger partial charge on any atom is 0.281 e. The molecule has 0 saturated carbocycles. The molecule has 3 rings (SSSR count). The summed E-state index contributed by atoms with van der Waals surface area (Å²) in [6, 6.07) is 11.0. The minimum absolute atomic E-state index is 0.0265. The van der Waals surface area contributed by atoms with Gasteiger partial charge in [-0.15, -0.1) is 0 Å². The normalized spacial score (nSPS) is 15.6. The summed E-state index contributed by atoms with van der Waals surface area (Å²) in [5.41, 5.74) is 3.92. The molecule has 0 bridgehead atoms. The van der Waals surface area contributed by atoms with E-state index in [1.165, 1.54) is 18.2 Å². The lowest BCUT2D eigenvalue weighted by molar-refractivity contribution is -0.215. The zero-order valence-electron chi connectivity index (χ0n) is 14.0. The molecule has 7 heteroatoms. The standard InChI is InChI=1S/C19H17ClFNO3S/c1-12(23)22-26(24,25)15-8-5-13(6-9-15)16-3-2-4-17(16)14-7-10-19(21)18(20)11-14/h5-11H,2-4H2,1H3,(H,22,23)/p-1. The van der Waals surface area contributed by atoms with Crippen molar-refractivity contribution in [2.45, 2.75) is 31.1 Å². The Bertz CT molecular complexity index is 1010. The van der Waals surface area contributed by atoms with E-state index >= 15 is 0 Å². The molecule has 0 unspecified atom stereocenters. The van der Waals surface area contributed by atoms with Crippen LogP contribution in [0.1, 0.15) is 37.3 Å². The molecule has 0 heterocycles. The van der Waals surface area contributed by atoms with Gasteiger partial charge in [0.15, 0.2) is 0 Å². The van der Waals surface area contributed by atoms with Crippen molar-refractivity contribution in [3.8, 4) is 0 Å². The smallest absolute Gasteiger partial charge is 0.281 e. The highest BCUT2D eigenvalue weighted by atomic mass is 35.5. The van der Waals surface area contributed by atoms with E-state index in [0.717, 1.165) is 48.5 Å². The molecular formula is C19H16ClFNO3S-. The van der Waals surface area contributed by atoms with Gasteiger partial charge in [-0.3, -0.25) is 0 Å². The number of allylic oxidation sites excluding steroid dienone is 2. The summed E-state index contributed by atoms with van der Waals surface area (Å²) in [6.45, 7) is 1.09. The van der Waals surface area contributed by atoms with Crippen LogP contribution in [0.5, 0.6) is 0 Å². The predicted octanol–water partition coefficient (Wildman–Crippen LogP) is 4.04. The molecule has 0 atom stereocenters. The van der Waals surface area contributed by atoms with Crippen LogP contribution in [-0.4, -0.2) is 14.3 Å².